The van der Waals surface area contributed by atoms with Gasteiger partial charge in [0.25, 0.3) is 0 Å². The van der Waals surface area contributed by atoms with Gasteiger partial charge < -0.3 is 15.2 Å². The molecule has 0 radical (unpaired) electrons. The van der Waals surface area contributed by atoms with E-state index in [9.17, 15) is 9.90 Å². The number of hydrogen-bond donors (Lipinski definition) is 2. The van der Waals surface area contributed by atoms with Crippen LogP contribution in [0.15, 0.2) is 42.5 Å². The van der Waals surface area contributed by atoms with Crippen molar-refractivity contribution in [3.63, 3.8) is 0 Å². The van der Waals surface area contributed by atoms with Crippen LogP contribution in [0, 0.1) is 6.92 Å². The van der Waals surface area contributed by atoms with Gasteiger partial charge >= 0.3 is 0 Å². The summed E-state index contributed by atoms with van der Waals surface area (Å²) in [4.78, 5) is 12.5. The van der Waals surface area contributed by atoms with E-state index in [1.54, 1.807) is 25.1 Å². The van der Waals surface area contributed by atoms with E-state index in [1.165, 1.54) is 0 Å². The lowest BCUT2D eigenvalue weighted by atomic mass is 9.92. The van der Waals surface area contributed by atoms with E-state index < -0.39 is 0 Å². The van der Waals surface area contributed by atoms with Gasteiger partial charge in [-0.2, -0.15) is 0 Å². The van der Waals surface area contributed by atoms with Crippen molar-refractivity contribution >= 4 is 11.6 Å². The van der Waals surface area contributed by atoms with Crippen LogP contribution in [0.2, 0.25) is 0 Å². The summed E-state index contributed by atoms with van der Waals surface area (Å²) in [5.74, 6) is 0.660. The third-order valence-electron chi connectivity index (χ3n) is 3.84. The van der Waals surface area contributed by atoms with E-state index in [0.717, 1.165) is 11.3 Å². The number of para-hydroxylation sites is 1. The molecule has 1 atom stereocenters. The average Bonchev–Trinajstić information content (AvgIpc) is 2.51. The molecule has 108 valence electrons. The number of amides is 1. The Morgan fingerprint density at radius 3 is 2.90 bits per heavy atom. The molecule has 2 aromatic carbocycles. The molecule has 0 fully saturated rings. The fraction of sp³-hybridized carbons (Fsp3) is 0.235. The number of ether oxygens (including phenoxy) is 1. The third kappa shape index (κ3) is 2.57. The van der Waals surface area contributed by atoms with Gasteiger partial charge in [0.1, 0.15) is 11.5 Å². The Hall–Kier alpha value is -2.49. The van der Waals surface area contributed by atoms with E-state index in [0.29, 0.717) is 24.3 Å². The Bertz CT molecular complexity index is 681. The summed E-state index contributed by atoms with van der Waals surface area (Å²) in [6.07, 6.45) is 0.653. The minimum absolute atomic E-state index is 0.0700. The highest BCUT2D eigenvalue weighted by atomic mass is 16.5. The maximum atomic E-state index is 12.5. The van der Waals surface area contributed by atoms with Gasteiger partial charge in [-0.3, -0.25) is 4.79 Å². The van der Waals surface area contributed by atoms with Crippen LogP contribution in [-0.4, -0.2) is 17.6 Å². The number of hydrogen-bond acceptors (Lipinski definition) is 3. The zero-order valence-electron chi connectivity index (χ0n) is 11.8. The predicted molar refractivity (Wildman–Crippen MR) is 80.8 cm³/mol. The molecule has 4 nitrogen and oxygen atoms in total. The summed E-state index contributed by atoms with van der Waals surface area (Å²) >= 11 is 0. The van der Waals surface area contributed by atoms with Gasteiger partial charge in [-0.15, -0.1) is 0 Å². The molecule has 1 aliphatic heterocycles. The normalized spacial score (nSPS) is 16.7. The maximum absolute atomic E-state index is 12.5. The first-order valence-corrected chi connectivity index (χ1v) is 6.98. The molecule has 0 aliphatic carbocycles. The third-order valence-corrected chi connectivity index (χ3v) is 3.84. The van der Waals surface area contributed by atoms with Crippen molar-refractivity contribution < 1.29 is 14.6 Å². The Morgan fingerprint density at radius 1 is 1.24 bits per heavy atom. The van der Waals surface area contributed by atoms with Crippen molar-refractivity contribution in [2.75, 3.05) is 11.9 Å². The van der Waals surface area contributed by atoms with E-state index in [2.05, 4.69) is 5.32 Å². The molecule has 1 unspecified atom stereocenters. The molecular formula is C17H17NO3. The van der Waals surface area contributed by atoms with Crippen molar-refractivity contribution in [3.8, 4) is 11.5 Å². The SMILES string of the molecule is Cc1c(O)cccc1NC(=O)C1CCOc2ccccc21. The first-order chi connectivity index (χ1) is 10.2. The van der Waals surface area contributed by atoms with Crippen LogP contribution in [0.1, 0.15) is 23.5 Å². The Labute approximate surface area is 123 Å². The number of carbonyl (C=O) groups is 1. The zero-order chi connectivity index (χ0) is 14.8. The molecule has 1 aliphatic rings. The molecular weight excluding hydrogens is 266 g/mol. The first kappa shape index (κ1) is 13.5. The number of rotatable bonds is 2. The number of benzene rings is 2. The van der Waals surface area contributed by atoms with E-state index in [4.69, 9.17) is 4.74 Å². The summed E-state index contributed by atoms with van der Waals surface area (Å²) in [6.45, 7) is 2.32. The van der Waals surface area contributed by atoms with Crippen molar-refractivity contribution in [2.45, 2.75) is 19.3 Å². The quantitative estimate of drug-likeness (QED) is 0.889. The number of fused-ring (bicyclic) bond motifs is 1. The summed E-state index contributed by atoms with van der Waals surface area (Å²) in [7, 11) is 0. The molecule has 21 heavy (non-hydrogen) atoms. The topological polar surface area (TPSA) is 58.6 Å². The second-order valence-electron chi connectivity index (χ2n) is 5.17. The lowest BCUT2D eigenvalue weighted by Gasteiger charge is -2.25. The molecule has 0 saturated carbocycles. The number of carbonyl (C=O) groups excluding carboxylic acids is 1. The average molecular weight is 283 g/mol. The second-order valence-corrected chi connectivity index (χ2v) is 5.17. The molecule has 2 N–H and O–H groups in total. The molecule has 0 aromatic heterocycles. The molecule has 2 aromatic rings. The lowest BCUT2D eigenvalue weighted by Crippen LogP contribution is -2.26. The fourth-order valence-corrected chi connectivity index (χ4v) is 2.59. The van der Waals surface area contributed by atoms with Crippen molar-refractivity contribution in [2.24, 2.45) is 0 Å². The molecule has 0 saturated heterocycles. The molecule has 0 bridgehead atoms. The lowest BCUT2D eigenvalue weighted by molar-refractivity contribution is -0.118. The summed E-state index contributed by atoms with van der Waals surface area (Å²) in [5.41, 5.74) is 2.23. The predicted octanol–water partition coefficient (Wildman–Crippen LogP) is 3.21. The van der Waals surface area contributed by atoms with Crippen LogP contribution in [0.4, 0.5) is 5.69 Å². The van der Waals surface area contributed by atoms with Crippen LogP contribution in [0.5, 0.6) is 11.5 Å². The van der Waals surface area contributed by atoms with Crippen molar-refractivity contribution in [1.29, 1.82) is 0 Å². The van der Waals surface area contributed by atoms with E-state index in [1.807, 2.05) is 24.3 Å². The van der Waals surface area contributed by atoms with E-state index >= 15 is 0 Å². The van der Waals surface area contributed by atoms with Gasteiger partial charge in [0.15, 0.2) is 0 Å². The van der Waals surface area contributed by atoms with Crippen LogP contribution < -0.4 is 10.1 Å². The minimum Gasteiger partial charge on any atom is -0.508 e. The molecule has 4 heteroatoms. The number of phenols is 1. The van der Waals surface area contributed by atoms with Crippen LogP contribution in [0.25, 0.3) is 0 Å². The van der Waals surface area contributed by atoms with Gasteiger partial charge in [0, 0.05) is 16.8 Å². The number of anilines is 1. The molecule has 1 heterocycles. The summed E-state index contributed by atoms with van der Waals surface area (Å²) in [6, 6.07) is 12.7. The monoisotopic (exact) mass is 283 g/mol. The van der Waals surface area contributed by atoms with Gasteiger partial charge in [-0.1, -0.05) is 24.3 Å². The molecule has 0 spiro atoms. The van der Waals surface area contributed by atoms with Crippen molar-refractivity contribution in [1.82, 2.24) is 0 Å². The van der Waals surface area contributed by atoms with Gasteiger partial charge in [0.2, 0.25) is 5.91 Å². The maximum Gasteiger partial charge on any atom is 0.232 e. The Morgan fingerprint density at radius 2 is 2.05 bits per heavy atom. The minimum atomic E-state index is -0.225. The Kier molecular flexibility index (Phi) is 3.52. The largest absolute Gasteiger partial charge is 0.508 e. The van der Waals surface area contributed by atoms with Gasteiger partial charge in [0.05, 0.1) is 12.5 Å². The standard InChI is InChI=1S/C17H17NO3/c1-11-14(6-4-7-15(11)19)18-17(20)13-9-10-21-16-8-3-2-5-12(13)16/h2-8,13,19H,9-10H2,1H3,(H,18,20). The first-order valence-electron chi connectivity index (χ1n) is 6.98. The van der Waals surface area contributed by atoms with Crippen molar-refractivity contribution in [3.05, 3.63) is 53.6 Å². The zero-order valence-corrected chi connectivity index (χ0v) is 11.8. The smallest absolute Gasteiger partial charge is 0.232 e. The molecule has 1 amide bonds. The highest BCUT2D eigenvalue weighted by Gasteiger charge is 2.27. The highest BCUT2D eigenvalue weighted by molar-refractivity contribution is 5.97. The number of aromatic hydroxyl groups is 1. The highest BCUT2D eigenvalue weighted by Crippen LogP contribution is 2.34. The van der Waals surface area contributed by atoms with E-state index in [-0.39, 0.29) is 17.6 Å². The number of phenolic OH excluding ortho intramolecular Hbond substituents is 1. The summed E-state index contributed by atoms with van der Waals surface area (Å²) < 4.78 is 5.58. The Balaban J connectivity index is 1.85. The van der Waals surface area contributed by atoms with Crippen LogP contribution in [-0.2, 0) is 4.79 Å². The molecule has 3 rings (SSSR count). The van der Waals surface area contributed by atoms with Gasteiger partial charge in [-0.25, -0.2) is 0 Å². The fourth-order valence-electron chi connectivity index (χ4n) is 2.59. The van der Waals surface area contributed by atoms with Gasteiger partial charge in [-0.05, 0) is 31.5 Å². The van der Waals surface area contributed by atoms with Crippen LogP contribution in [0.3, 0.4) is 0 Å². The second kappa shape index (κ2) is 5.48. The number of nitrogens with one attached hydrogen (secondary N) is 1. The van der Waals surface area contributed by atoms with Crippen LogP contribution >= 0.6 is 0 Å². The summed E-state index contributed by atoms with van der Waals surface area (Å²) in [5, 5.41) is 12.6.